The number of carbonyl (C=O) groups excluding carboxylic acids is 1. The van der Waals surface area contributed by atoms with Gasteiger partial charge in [-0.2, -0.15) is 0 Å². The van der Waals surface area contributed by atoms with Gasteiger partial charge in [-0.1, -0.05) is 30.3 Å². The van der Waals surface area contributed by atoms with E-state index in [1.54, 1.807) is 7.11 Å². The smallest absolute Gasteiger partial charge is 0.140 e. The van der Waals surface area contributed by atoms with E-state index in [0.717, 1.165) is 31.4 Å². The van der Waals surface area contributed by atoms with E-state index in [9.17, 15) is 4.79 Å². The third-order valence-corrected chi connectivity index (χ3v) is 5.20. The lowest BCUT2D eigenvalue weighted by atomic mass is 9.89. The number of methoxy groups -OCH3 is 1. The van der Waals surface area contributed by atoms with E-state index in [0.29, 0.717) is 5.78 Å². The summed E-state index contributed by atoms with van der Waals surface area (Å²) < 4.78 is 5.36. The van der Waals surface area contributed by atoms with Crippen LogP contribution in [0.25, 0.3) is 0 Å². The van der Waals surface area contributed by atoms with Gasteiger partial charge in [0.1, 0.15) is 11.5 Å². The van der Waals surface area contributed by atoms with E-state index >= 15 is 0 Å². The molecule has 0 heterocycles. The van der Waals surface area contributed by atoms with Crippen LogP contribution in [0, 0.1) is 11.8 Å². The van der Waals surface area contributed by atoms with E-state index in [1.807, 2.05) is 6.07 Å². The normalized spacial score (nSPS) is 23.0. The van der Waals surface area contributed by atoms with E-state index in [1.165, 1.54) is 22.3 Å². The van der Waals surface area contributed by atoms with Gasteiger partial charge in [-0.15, -0.1) is 0 Å². The van der Waals surface area contributed by atoms with Crippen molar-refractivity contribution in [3.8, 4) is 5.75 Å². The number of carbonyl (C=O) groups is 1. The van der Waals surface area contributed by atoms with Crippen molar-refractivity contribution < 1.29 is 9.53 Å². The maximum atomic E-state index is 12.9. The van der Waals surface area contributed by atoms with Gasteiger partial charge in [0, 0.05) is 11.8 Å². The molecule has 0 aliphatic heterocycles. The van der Waals surface area contributed by atoms with E-state index in [-0.39, 0.29) is 11.8 Å². The zero-order valence-electron chi connectivity index (χ0n) is 12.8. The van der Waals surface area contributed by atoms with Crippen molar-refractivity contribution >= 4 is 5.78 Å². The Labute approximate surface area is 131 Å². The standard InChI is InChI=1S/C20H20O2/c1-22-19-7-6-15-10-17-8-13-4-2-3-5-14(13)9-18(20(17)21)11-16(15)12-19/h2-7,12,17-18H,8-11H2,1H3. The fraction of sp³-hybridized carbons (Fsp3) is 0.350. The molecule has 0 radical (unpaired) electrons. The highest BCUT2D eigenvalue weighted by Crippen LogP contribution is 2.35. The summed E-state index contributed by atoms with van der Waals surface area (Å²) >= 11 is 0. The predicted molar refractivity (Wildman–Crippen MR) is 86.2 cm³/mol. The van der Waals surface area contributed by atoms with Gasteiger partial charge in [0.15, 0.2) is 0 Å². The largest absolute Gasteiger partial charge is 0.497 e. The molecule has 2 bridgehead atoms. The van der Waals surface area contributed by atoms with Crippen molar-refractivity contribution in [3.05, 3.63) is 64.7 Å². The molecule has 2 heteroatoms. The lowest BCUT2D eigenvalue weighted by Crippen LogP contribution is -2.24. The molecule has 0 N–H and O–H groups in total. The van der Waals surface area contributed by atoms with Crippen molar-refractivity contribution in [1.82, 2.24) is 0 Å². The van der Waals surface area contributed by atoms with Crippen LogP contribution in [0.3, 0.4) is 0 Å². The SMILES string of the molecule is COc1ccc2c(c1)CC1Cc3ccccc3CC(C2)C1=O. The Balaban J connectivity index is 1.77. The summed E-state index contributed by atoms with van der Waals surface area (Å²) in [5.74, 6) is 1.58. The topological polar surface area (TPSA) is 26.3 Å². The number of Topliss-reactive ketones (excluding diaryl/α,β-unsaturated/α-hetero) is 1. The minimum atomic E-state index is 0.113. The Morgan fingerprint density at radius 3 is 1.95 bits per heavy atom. The van der Waals surface area contributed by atoms with Crippen LogP contribution in [0.4, 0.5) is 0 Å². The summed E-state index contributed by atoms with van der Waals surface area (Å²) in [6, 6.07) is 14.8. The van der Waals surface area contributed by atoms with Crippen LogP contribution < -0.4 is 4.74 Å². The summed E-state index contributed by atoms with van der Waals surface area (Å²) in [7, 11) is 1.70. The van der Waals surface area contributed by atoms with Gasteiger partial charge in [0.2, 0.25) is 0 Å². The summed E-state index contributed by atoms with van der Waals surface area (Å²) in [5, 5.41) is 0. The molecular formula is C20H20O2. The highest BCUT2D eigenvalue weighted by molar-refractivity contribution is 5.86. The van der Waals surface area contributed by atoms with Crippen LogP contribution in [0.2, 0.25) is 0 Å². The van der Waals surface area contributed by atoms with Crippen LogP contribution in [0.1, 0.15) is 22.3 Å². The zero-order valence-corrected chi connectivity index (χ0v) is 12.8. The molecule has 2 aliphatic rings. The van der Waals surface area contributed by atoms with Crippen molar-refractivity contribution in [3.63, 3.8) is 0 Å². The van der Waals surface area contributed by atoms with Crippen LogP contribution >= 0.6 is 0 Å². The first-order valence-electron chi connectivity index (χ1n) is 8.01. The summed E-state index contributed by atoms with van der Waals surface area (Å²) in [5.41, 5.74) is 5.33. The summed E-state index contributed by atoms with van der Waals surface area (Å²) in [6.45, 7) is 0. The predicted octanol–water partition coefficient (Wildman–Crippen LogP) is 3.39. The monoisotopic (exact) mass is 292 g/mol. The average Bonchev–Trinajstić information content (AvgIpc) is 2.75. The number of rotatable bonds is 1. The molecule has 0 saturated carbocycles. The second-order valence-corrected chi connectivity index (χ2v) is 6.52. The van der Waals surface area contributed by atoms with Crippen LogP contribution in [0.5, 0.6) is 5.75 Å². The molecule has 2 atom stereocenters. The molecule has 2 nitrogen and oxygen atoms in total. The summed E-state index contributed by atoms with van der Waals surface area (Å²) in [4.78, 5) is 12.9. The second kappa shape index (κ2) is 5.28. The van der Waals surface area contributed by atoms with Crippen molar-refractivity contribution in [2.75, 3.05) is 7.11 Å². The van der Waals surface area contributed by atoms with Gasteiger partial charge in [-0.25, -0.2) is 0 Å². The minimum absolute atomic E-state index is 0.113. The number of ether oxygens (including phenoxy) is 1. The Bertz CT molecular complexity index is 732. The van der Waals surface area contributed by atoms with Crippen molar-refractivity contribution in [2.24, 2.45) is 11.8 Å². The van der Waals surface area contributed by atoms with E-state index in [4.69, 9.17) is 4.74 Å². The van der Waals surface area contributed by atoms with Crippen LogP contribution in [-0.2, 0) is 30.5 Å². The van der Waals surface area contributed by atoms with Gasteiger partial charge in [-0.3, -0.25) is 4.79 Å². The van der Waals surface area contributed by atoms with E-state index < -0.39 is 0 Å². The molecule has 2 aromatic rings. The number of hydrogen-bond acceptors (Lipinski definition) is 2. The molecule has 0 aromatic heterocycles. The van der Waals surface area contributed by atoms with Gasteiger partial charge in [-0.05, 0) is 60.1 Å². The first-order chi connectivity index (χ1) is 10.7. The maximum absolute atomic E-state index is 12.9. The molecule has 0 spiro atoms. The highest BCUT2D eigenvalue weighted by Gasteiger charge is 2.35. The van der Waals surface area contributed by atoms with Crippen LogP contribution in [0.15, 0.2) is 42.5 Å². The Hall–Kier alpha value is -2.09. The Morgan fingerprint density at radius 1 is 0.818 bits per heavy atom. The lowest BCUT2D eigenvalue weighted by Gasteiger charge is -2.14. The third kappa shape index (κ3) is 2.23. The first kappa shape index (κ1) is 13.6. The minimum Gasteiger partial charge on any atom is -0.497 e. The zero-order chi connectivity index (χ0) is 15.1. The first-order valence-corrected chi connectivity index (χ1v) is 8.01. The second-order valence-electron chi connectivity index (χ2n) is 6.52. The quantitative estimate of drug-likeness (QED) is 0.805. The van der Waals surface area contributed by atoms with Crippen molar-refractivity contribution in [1.29, 1.82) is 0 Å². The molecule has 2 aromatic carbocycles. The molecule has 112 valence electrons. The molecule has 0 fully saturated rings. The van der Waals surface area contributed by atoms with Crippen molar-refractivity contribution in [2.45, 2.75) is 25.7 Å². The molecule has 0 saturated heterocycles. The van der Waals surface area contributed by atoms with Gasteiger partial charge >= 0.3 is 0 Å². The average molecular weight is 292 g/mol. The molecule has 2 unspecified atom stereocenters. The van der Waals surface area contributed by atoms with Gasteiger partial charge in [0.05, 0.1) is 7.11 Å². The molecule has 4 rings (SSSR count). The molecule has 2 aliphatic carbocycles. The fourth-order valence-corrected chi connectivity index (χ4v) is 4.02. The molecule has 22 heavy (non-hydrogen) atoms. The summed E-state index contributed by atoms with van der Waals surface area (Å²) in [6.07, 6.45) is 3.47. The number of ketones is 1. The van der Waals surface area contributed by atoms with Crippen LogP contribution in [-0.4, -0.2) is 12.9 Å². The Morgan fingerprint density at radius 2 is 1.36 bits per heavy atom. The molecular weight excluding hydrogens is 272 g/mol. The van der Waals surface area contributed by atoms with Gasteiger partial charge in [0.25, 0.3) is 0 Å². The molecule has 0 amide bonds. The van der Waals surface area contributed by atoms with Gasteiger partial charge < -0.3 is 4.74 Å². The highest BCUT2D eigenvalue weighted by atomic mass is 16.5. The van der Waals surface area contributed by atoms with E-state index in [2.05, 4.69) is 36.4 Å². The Kier molecular flexibility index (Phi) is 3.25. The fourth-order valence-electron chi connectivity index (χ4n) is 4.02. The lowest BCUT2D eigenvalue weighted by molar-refractivity contribution is -0.126. The maximum Gasteiger partial charge on any atom is 0.140 e. The number of fused-ring (bicyclic) bond motifs is 4. The number of hydrogen-bond donors (Lipinski definition) is 0. The number of benzene rings is 2. The third-order valence-electron chi connectivity index (χ3n) is 5.20.